The van der Waals surface area contributed by atoms with E-state index in [1.165, 1.54) is 11.3 Å². The average Bonchev–Trinajstić information content (AvgIpc) is 3.37. The highest BCUT2D eigenvalue weighted by Crippen LogP contribution is 2.25. The monoisotopic (exact) mass is 452 g/mol. The Kier molecular flexibility index (Phi) is 7.12. The van der Waals surface area contributed by atoms with Crippen molar-refractivity contribution in [3.8, 4) is 0 Å². The van der Waals surface area contributed by atoms with E-state index in [9.17, 15) is 9.59 Å². The van der Waals surface area contributed by atoms with Crippen LogP contribution in [0.25, 0.3) is 6.08 Å². The molecule has 0 aliphatic carbocycles. The largest absolute Gasteiger partial charge is 0.340 e. The highest BCUT2D eigenvalue weighted by Gasteiger charge is 2.22. The number of carbonyl (C=O) groups is 2. The van der Waals surface area contributed by atoms with Gasteiger partial charge in [-0.05, 0) is 53.3 Å². The summed E-state index contributed by atoms with van der Waals surface area (Å²) in [7, 11) is 0. The van der Waals surface area contributed by atoms with E-state index >= 15 is 0 Å². The lowest BCUT2D eigenvalue weighted by Crippen LogP contribution is -2.37. The van der Waals surface area contributed by atoms with Gasteiger partial charge in [0.15, 0.2) is 0 Å². The first kappa shape index (κ1) is 22.2. The molecule has 4 aromatic rings. The topological polar surface area (TPSA) is 58.2 Å². The highest BCUT2D eigenvalue weighted by molar-refractivity contribution is 7.10. The first-order valence-electron chi connectivity index (χ1n) is 10.6. The molecule has 0 spiro atoms. The third-order valence-electron chi connectivity index (χ3n) is 5.27. The van der Waals surface area contributed by atoms with Gasteiger partial charge in [-0.1, -0.05) is 78.9 Å². The van der Waals surface area contributed by atoms with Crippen LogP contribution in [0.3, 0.4) is 0 Å². The molecule has 33 heavy (non-hydrogen) atoms. The van der Waals surface area contributed by atoms with Crippen molar-refractivity contribution in [2.24, 2.45) is 0 Å². The predicted octanol–water partition coefficient (Wildman–Crippen LogP) is 5.73. The summed E-state index contributed by atoms with van der Waals surface area (Å²) < 4.78 is 0. The number of hydrogen-bond donors (Lipinski definition) is 2. The molecule has 0 aliphatic rings. The van der Waals surface area contributed by atoms with Crippen molar-refractivity contribution in [1.82, 2.24) is 10.6 Å². The minimum atomic E-state index is -0.361. The van der Waals surface area contributed by atoms with Crippen LogP contribution in [0.1, 0.15) is 38.0 Å². The van der Waals surface area contributed by atoms with Gasteiger partial charge in [-0.2, -0.15) is 0 Å². The average molecular weight is 453 g/mol. The summed E-state index contributed by atoms with van der Waals surface area (Å²) >= 11 is 1.50. The van der Waals surface area contributed by atoms with Gasteiger partial charge >= 0.3 is 0 Å². The Balaban J connectivity index is 1.67. The Morgan fingerprint density at radius 2 is 1.48 bits per heavy atom. The fraction of sp³-hybridized carbons (Fsp3) is 0.0714. The molecule has 0 radical (unpaired) electrons. The molecule has 5 heteroatoms. The zero-order valence-electron chi connectivity index (χ0n) is 18.2. The van der Waals surface area contributed by atoms with Crippen LogP contribution < -0.4 is 10.6 Å². The second-order valence-electron chi connectivity index (χ2n) is 7.57. The summed E-state index contributed by atoms with van der Waals surface area (Å²) in [6, 6.07) is 30.1. The fourth-order valence-electron chi connectivity index (χ4n) is 3.56. The molecule has 0 saturated heterocycles. The van der Waals surface area contributed by atoms with Crippen molar-refractivity contribution in [3.05, 3.63) is 135 Å². The van der Waals surface area contributed by atoms with Crippen LogP contribution in [0.4, 0.5) is 0 Å². The van der Waals surface area contributed by atoms with Crippen LogP contribution >= 0.6 is 11.3 Å². The molecular formula is C28H24N2O2S. The standard InChI is InChI=1S/C28H24N2O2S/c1-20-11-8-9-17-24(20)26(21-12-4-2-5-13-21)30-28(32)25(19-23-16-10-18-33-23)29-27(31)22-14-6-3-7-15-22/h2-19,26H,1H3,(H,29,31)(H,30,32)/b25-19-. The van der Waals surface area contributed by atoms with Crippen LogP contribution in [0.2, 0.25) is 0 Å². The molecule has 0 fully saturated rings. The number of hydrogen-bond acceptors (Lipinski definition) is 3. The van der Waals surface area contributed by atoms with Gasteiger partial charge in [-0.25, -0.2) is 0 Å². The van der Waals surface area contributed by atoms with Crippen molar-refractivity contribution < 1.29 is 9.59 Å². The number of amides is 2. The van der Waals surface area contributed by atoms with Gasteiger partial charge in [0, 0.05) is 10.4 Å². The molecule has 4 nitrogen and oxygen atoms in total. The Morgan fingerprint density at radius 3 is 2.15 bits per heavy atom. The minimum absolute atomic E-state index is 0.195. The van der Waals surface area contributed by atoms with E-state index in [4.69, 9.17) is 0 Å². The Hall–Kier alpha value is -3.96. The third kappa shape index (κ3) is 5.64. The summed E-state index contributed by atoms with van der Waals surface area (Å²) in [5.41, 5.74) is 3.72. The molecule has 0 bridgehead atoms. The van der Waals surface area contributed by atoms with Crippen molar-refractivity contribution in [1.29, 1.82) is 0 Å². The maximum absolute atomic E-state index is 13.5. The molecule has 0 saturated carbocycles. The number of aryl methyl sites for hydroxylation is 1. The van der Waals surface area contributed by atoms with Crippen LogP contribution in [-0.2, 0) is 4.79 Å². The molecule has 164 valence electrons. The molecule has 1 heterocycles. The lowest BCUT2D eigenvalue weighted by molar-refractivity contribution is -0.118. The van der Waals surface area contributed by atoms with Crippen LogP contribution in [-0.4, -0.2) is 11.8 Å². The summed E-state index contributed by atoms with van der Waals surface area (Å²) in [5, 5.41) is 7.88. The summed E-state index contributed by atoms with van der Waals surface area (Å²) in [5.74, 6) is -0.689. The van der Waals surface area contributed by atoms with E-state index < -0.39 is 0 Å². The number of nitrogens with one attached hydrogen (secondary N) is 2. The van der Waals surface area contributed by atoms with Crippen LogP contribution in [0.15, 0.2) is 108 Å². The summed E-state index contributed by atoms with van der Waals surface area (Å²) in [6.07, 6.45) is 1.71. The van der Waals surface area contributed by atoms with E-state index in [0.29, 0.717) is 5.56 Å². The maximum Gasteiger partial charge on any atom is 0.268 e. The van der Waals surface area contributed by atoms with Gasteiger partial charge in [-0.3, -0.25) is 9.59 Å². The normalized spacial score (nSPS) is 12.1. The SMILES string of the molecule is Cc1ccccc1C(NC(=O)/C(=C/c1cccs1)NC(=O)c1ccccc1)c1ccccc1. The third-order valence-corrected chi connectivity index (χ3v) is 6.09. The number of rotatable bonds is 7. The number of benzene rings is 3. The zero-order valence-corrected chi connectivity index (χ0v) is 19.0. The predicted molar refractivity (Wildman–Crippen MR) is 134 cm³/mol. The fourth-order valence-corrected chi connectivity index (χ4v) is 4.22. The molecule has 2 N–H and O–H groups in total. The second kappa shape index (κ2) is 10.6. The van der Waals surface area contributed by atoms with Gasteiger partial charge in [-0.15, -0.1) is 11.3 Å². The van der Waals surface area contributed by atoms with Crippen LogP contribution in [0.5, 0.6) is 0 Å². The van der Waals surface area contributed by atoms with Gasteiger partial charge < -0.3 is 10.6 Å². The zero-order chi connectivity index (χ0) is 23.0. The first-order chi connectivity index (χ1) is 16.1. The van der Waals surface area contributed by atoms with Crippen molar-refractivity contribution in [2.45, 2.75) is 13.0 Å². The maximum atomic E-state index is 13.5. The van der Waals surface area contributed by atoms with E-state index in [2.05, 4.69) is 10.6 Å². The van der Waals surface area contributed by atoms with E-state index in [0.717, 1.165) is 21.6 Å². The van der Waals surface area contributed by atoms with E-state index in [1.807, 2.05) is 85.1 Å². The van der Waals surface area contributed by atoms with Crippen LogP contribution in [0, 0.1) is 6.92 Å². The first-order valence-corrected chi connectivity index (χ1v) is 11.5. The molecule has 1 atom stereocenters. The number of thiophene rings is 1. The van der Waals surface area contributed by atoms with E-state index in [1.54, 1.807) is 30.3 Å². The van der Waals surface area contributed by atoms with Crippen molar-refractivity contribution in [3.63, 3.8) is 0 Å². The van der Waals surface area contributed by atoms with E-state index in [-0.39, 0.29) is 23.6 Å². The molecule has 2 amide bonds. The number of carbonyl (C=O) groups excluding carboxylic acids is 2. The molecule has 4 rings (SSSR count). The molecule has 1 unspecified atom stereocenters. The Morgan fingerprint density at radius 1 is 0.818 bits per heavy atom. The molecule has 0 aliphatic heterocycles. The second-order valence-corrected chi connectivity index (χ2v) is 8.55. The summed E-state index contributed by atoms with van der Waals surface area (Å²) in [4.78, 5) is 27.2. The smallest absolute Gasteiger partial charge is 0.268 e. The summed E-state index contributed by atoms with van der Waals surface area (Å²) in [6.45, 7) is 2.02. The molecular weight excluding hydrogens is 428 g/mol. The Labute approximate surface area is 197 Å². The van der Waals surface area contributed by atoms with Gasteiger partial charge in [0.1, 0.15) is 5.70 Å². The van der Waals surface area contributed by atoms with Crippen molar-refractivity contribution in [2.75, 3.05) is 0 Å². The quantitative estimate of drug-likeness (QED) is 0.352. The highest BCUT2D eigenvalue weighted by atomic mass is 32.1. The lowest BCUT2D eigenvalue weighted by atomic mass is 9.95. The van der Waals surface area contributed by atoms with Gasteiger partial charge in [0.05, 0.1) is 6.04 Å². The van der Waals surface area contributed by atoms with Crippen molar-refractivity contribution >= 4 is 29.2 Å². The lowest BCUT2D eigenvalue weighted by Gasteiger charge is -2.22. The van der Waals surface area contributed by atoms with Gasteiger partial charge in [0.25, 0.3) is 11.8 Å². The minimum Gasteiger partial charge on any atom is -0.340 e. The van der Waals surface area contributed by atoms with Gasteiger partial charge in [0.2, 0.25) is 0 Å². The molecule has 1 aromatic heterocycles. The molecule has 3 aromatic carbocycles. The Bertz CT molecular complexity index is 1250.